The summed E-state index contributed by atoms with van der Waals surface area (Å²) in [7, 11) is 0. The second kappa shape index (κ2) is 51.6. The summed E-state index contributed by atoms with van der Waals surface area (Å²) >= 11 is 0. The first-order valence-corrected chi connectivity index (χ1v) is 29.6. The fraction of sp³-hybridized carbons (Fsp3) is 0.983. The van der Waals surface area contributed by atoms with E-state index in [-0.39, 0.29) is 0 Å². The lowest BCUT2D eigenvalue weighted by molar-refractivity contribution is 0.188. The molecule has 0 nitrogen and oxygen atoms in total. The van der Waals surface area contributed by atoms with Gasteiger partial charge in [-0.3, -0.25) is 0 Å². The molecular formula is C60H121. The average Bonchev–Trinajstić information content (AvgIpc) is 3.26. The Morgan fingerprint density at radius 1 is 0.183 bits per heavy atom. The Balaban J connectivity index is 5.76. The average molecular weight is 843 g/mol. The third-order valence-electron chi connectivity index (χ3n) is 14.9. The van der Waals surface area contributed by atoms with Crippen LogP contribution in [0.2, 0.25) is 0 Å². The third-order valence-corrected chi connectivity index (χ3v) is 14.9. The van der Waals surface area contributed by atoms with Crippen LogP contribution >= 0.6 is 0 Å². The summed E-state index contributed by atoms with van der Waals surface area (Å²) in [5.74, 6) is 2.11. The number of hydrogen-bond donors (Lipinski definition) is 0. The minimum atomic E-state index is 0.543. The molecule has 1 radical (unpaired) electrons. The van der Waals surface area contributed by atoms with Crippen LogP contribution in [0.5, 0.6) is 0 Å². The van der Waals surface area contributed by atoms with Crippen LogP contribution in [0.25, 0.3) is 0 Å². The Morgan fingerprint density at radius 3 is 0.517 bits per heavy atom. The molecule has 0 aromatic rings. The van der Waals surface area contributed by atoms with E-state index >= 15 is 0 Å². The lowest BCUT2D eigenvalue weighted by Crippen LogP contribution is -2.30. The van der Waals surface area contributed by atoms with Gasteiger partial charge in [0.15, 0.2) is 0 Å². The fourth-order valence-corrected chi connectivity index (χ4v) is 10.7. The molecule has 0 fully saturated rings. The molecule has 0 aromatic heterocycles. The van der Waals surface area contributed by atoms with Gasteiger partial charge < -0.3 is 0 Å². The van der Waals surface area contributed by atoms with Crippen molar-refractivity contribution < 1.29 is 0 Å². The zero-order valence-corrected chi connectivity index (χ0v) is 43.5. The molecule has 0 amide bonds. The number of rotatable bonds is 54. The molecule has 0 rings (SSSR count). The lowest BCUT2D eigenvalue weighted by Gasteiger charge is -2.42. The van der Waals surface area contributed by atoms with E-state index in [0.29, 0.717) is 5.41 Å². The Morgan fingerprint density at radius 2 is 0.333 bits per heavy atom. The van der Waals surface area contributed by atoms with Crippen molar-refractivity contribution in [1.82, 2.24) is 0 Å². The normalized spacial score (nSPS) is 12.1. The first-order valence-electron chi connectivity index (χ1n) is 29.6. The maximum atomic E-state index is 2.36. The highest BCUT2D eigenvalue weighted by molar-refractivity contribution is 5.07. The summed E-state index contributed by atoms with van der Waals surface area (Å²) in [6.45, 7) is 11.8. The maximum absolute atomic E-state index is 2.36. The van der Waals surface area contributed by atoms with Crippen LogP contribution in [0.4, 0.5) is 0 Å². The largest absolute Gasteiger partial charge is 0.0654 e. The Kier molecular flexibility index (Phi) is 51.6. The zero-order valence-electron chi connectivity index (χ0n) is 43.5. The SMILES string of the molecule is CCCCCCCCCCCC[C](CCCCCCCCCCCC)C(CCCCCCCCCC)(CCCCCCCCCCCC)CCCCCCCCCCCC. The highest BCUT2D eigenvalue weighted by Gasteiger charge is 2.37. The summed E-state index contributed by atoms with van der Waals surface area (Å²) in [6, 6.07) is 0. The first-order chi connectivity index (χ1) is 29.7. The molecule has 60 heavy (non-hydrogen) atoms. The van der Waals surface area contributed by atoms with Gasteiger partial charge in [0.25, 0.3) is 0 Å². The van der Waals surface area contributed by atoms with E-state index in [4.69, 9.17) is 0 Å². The van der Waals surface area contributed by atoms with Crippen molar-refractivity contribution in [2.24, 2.45) is 5.41 Å². The third kappa shape index (κ3) is 42.0. The maximum Gasteiger partial charge on any atom is -0.0179 e. The molecule has 0 heterocycles. The van der Waals surface area contributed by atoms with Gasteiger partial charge in [-0.1, -0.05) is 343 Å². The Hall–Kier alpha value is 0. The monoisotopic (exact) mass is 842 g/mol. The van der Waals surface area contributed by atoms with Crippen molar-refractivity contribution in [2.75, 3.05) is 0 Å². The summed E-state index contributed by atoms with van der Waals surface area (Å²) in [6.07, 6.45) is 78.0. The topological polar surface area (TPSA) is 0 Å². The van der Waals surface area contributed by atoms with Crippen molar-refractivity contribution in [3.05, 3.63) is 5.92 Å². The van der Waals surface area contributed by atoms with Crippen molar-refractivity contribution in [2.45, 2.75) is 375 Å². The molecule has 361 valence electrons. The van der Waals surface area contributed by atoms with Gasteiger partial charge in [0, 0.05) is 0 Å². The van der Waals surface area contributed by atoms with Gasteiger partial charge in [-0.05, 0) is 43.4 Å². The van der Waals surface area contributed by atoms with E-state index in [0.717, 1.165) is 0 Å². The predicted molar refractivity (Wildman–Crippen MR) is 279 cm³/mol. The highest BCUT2D eigenvalue weighted by Crippen LogP contribution is 2.50. The van der Waals surface area contributed by atoms with Crippen LogP contribution in [0, 0.1) is 11.3 Å². The van der Waals surface area contributed by atoms with Crippen LogP contribution in [0.15, 0.2) is 0 Å². The zero-order chi connectivity index (χ0) is 43.6. The van der Waals surface area contributed by atoms with Crippen molar-refractivity contribution >= 4 is 0 Å². The van der Waals surface area contributed by atoms with Crippen LogP contribution in [0.3, 0.4) is 0 Å². The van der Waals surface area contributed by atoms with E-state index in [1.165, 1.54) is 340 Å². The Labute approximate surface area is 384 Å². The smallest absolute Gasteiger partial charge is 0.0179 e. The molecule has 0 aliphatic heterocycles. The van der Waals surface area contributed by atoms with Gasteiger partial charge >= 0.3 is 0 Å². The molecule has 0 heteroatoms. The number of unbranched alkanes of at least 4 members (excludes halogenated alkanes) is 43. The molecule has 0 saturated heterocycles. The van der Waals surface area contributed by atoms with Crippen LogP contribution in [0.1, 0.15) is 375 Å². The van der Waals surface area contributed by atoms with Gasteiger partial charge in [-0.2, -0.15) is 0 Å². The van der Waals surface area contributed by atoms with Crippen molar-refractivity contribution in [1.29, 1.82) is 0 Å². The molecule has 0 aliphatic rings. The predicted octanol–water partition coefficient (Wildman–Crippen LogP) is 23.3. The summed E-state index contributed by atoms with van der Waals surface area (Å²) < 4.78 is 0. The van der Waals surface area contributed by atoms with Gasteiger partial charge in [0.2, 0.25) is 0 Å². The summed E-state index contributed by atoms with van der Waals surface area (Å²) in [5.41, 5.74) is 0.543. The van der Waals surface area contributed by atoms with E-state index in [2.05, 4.69) is 40.5 Å². The van der Waals surface area contributed by atoms with Crippen LogP contribution in [-0.4, -0.2) is 0 Å². The van der Waals surface area contributed by atoms with E-state index in [9.17, 15) is 0 Å². The molecule has 0 aliphatic carbocycles. The second-order valence-electron chi connectivity index (χ2n) is 20.8. The Bertz CT molecular complexity index is 688. The minimum absolute atomic E-state index is 0.543. The lowest BCUT2D eigenvalue weighted by atomic mass is 9.62. The van der Waals surface area contributed by atoms with Crippen molar-refractivity contribution in [3.8, 4) is 0 Å². The van der Waals surface area contributed by atoms with Crippen LogP contribution < -0.4 is 0 Å². The van der Waals surface area contributed by atoms with Gasteiger partial charge in [0.05, 0.1) is 0 Å². The molecule has 0 N–H and O–H groups in total. The van der Waals surface area contributed by atoms with Gasteiger partial charge in [0.1, 0.15) is 0 Å². The van der Waals surface area contributed by atoms with Gasteiger partial charge in [-0.15, -0.1) is 0 Å². The molecule has 0 aromatic carbocycles. The van der Waals surface area contributed by atoms with E-state index in [1.807, 2.05) is 0 Å². The molecule has 0 unspecified atom stereocenters. The second-order valence-corrected chi connectivity index (χ2v) is 20.8. The van der Waals surface area contributed by atoms with Crippen molar-refractivity contribution in [3.63, 3.8) is 0 Å². The summed E-state index contributed by atoms with van der Waals surface area (Å²) in [4.78, 5) is 0. The number of hydrogen-bond acceptors (Lipinski definition) is 0. The highest BCUT2D eigenvalue weighted by atomic mass is 14.4. The molecule has 0 atom stereocenters. The quantitative estimate of drug-likeness (QED) is 0.0535. The molecule has 0 spiro atoms. The van der Waals surface area contributed by atoms with Gasteiger partial charge in [-0.25, -0.2) is 0 Å². The van der Waals surface area contributed by atoms with E-state index < -0.39 is 0 Å². The molecule has 0 bridgehead atoms. The fourth-order valence-electron chi connectivity index (χ4n) is 10.7. The first kappa shape index (κ1) is 60.0. The van der Waals surface area contributed by atoms with Crippen LogP contribution in [-0.2, 0) is 0 Å². The van der Waals surface area contributed by atoms with E-state index in [1.54, 1.807) is 0 Å². The molecular weight excluding hydrogens is 721 g/mol. The standard InChI is InChI=1S/C60H121/c1-6-11-16-21-26-31-35-39-44-49-54-59(55-50-45-40-36-32-27-22-17-12-7-2)60(56-51-46-41-30-25-20-15-10-5,57-52-47-42-37-33-28-23-18-13-8-3)58-53-48-43-38-34-29-24-19-14-9-4/h6-58H2,1-5H3. The summed E-state index contributed by atoms with van der Waals surface area (Å²) in [5, 5.41) is 0. The minimum Gasteiger partial charge on any atom is -0.0654 e. The molecule has 0 saturated carbocycles.